The smallest absolute Gasteiger partial charge is 0.355 e. The van der Waals surface area contributed by atoms with Crippen molar-refractivity contribution in [1.82, 2.24) is 9.97 Å². The maximum Gasteiger partial charge on any atom is 0.355 e. The van der Waals surface area contributed by atoms with Crippen LogP contribution in [0.15, 0.2) is 91.0 Å². The molecule has 0 aliphatic carbocycles. The van der Waals surface area contributed by atoms with Gasteiger partial charge in [0.25, 0.3) is 0 Å². The average molecular weight is 547 g/mol. The number of benzene rings is 3. The van der Waals surface area contributed by atoms with E-state index in [1.165, 1.54) is 0 Å². The van der Waals surface area contributed by atoms with E-state index in [-0.39, 0.29) is 19.1 Å². The zero-order valence-electron chi connectivity index (χ0n) is 23.8. The molecule has 6 nitrogen and oxygen atoms in total. The molecule has 0 bridgehead atoms. The molecule has 2 heterocycles. The van der Waals surface area contributed by atoms with Crippen LogP contribution in [0.3, 0.4) is 0 Å². The van der Waals surface area contributed by atoms with E-state index in [9.17, 15) is 9.59 Å². The van der Waals surface area contributed by atoms with Gasteiger partial charge in [0.05, 0.1) is 19.1 Å². The molecule has 208 valence electrons. The third kappa shape index (κ3) is 5.33. The van der Waals surface area contributed by atoms with Gasteiger partial charge in [-0.15, -0.1) is 0 Å². The Morgan fingerprint density at radius 1 is 0.610 bits per heavy atom. The first-order valence-electron chi connectivity index (χ1n) is 13.9. The molecule has 2 aromatic heterocycles. The number of carbonyl (C=O) groups excluding carboxylic acids is 2. The van der Waals surface area contributed by atoms with Gasteiger partial charge in [0, 0.05) is 22.5 Å². The summed E-state index contributed by atoms with van der Waals surface area (Å²) >= 11 is 0. The molecule has 6 heteroatoms. The quantitative estimate of drug-likeness (QED) is 0.185. The number of rotatable bonds is 9. The zero-order valence-corrected chi connectivity index (χ0v) is 23.8. The summed E-state index contributed by atoms with van der Waals surface area (Å²) in [7, 11) is 0. The molecular weight excluding hydrogens is 512 g/mol. The van der Waals surface area contributed by atoms with Gasteiger partial charge in [-0.3, -0.25) is 0 Å². The number of aromatic amines is 2. The van der Waals surface area contributed by atoms with Gasteiger partial charge in [-0.05, 0) is 55.5 Å². The molecule has 41 heavy (non-hydrogen) atoms. The van der Waals surface area contributed by atoms with Crippen molar-refractivity contribution >= 4 is 11.9 Å². The van der Waals surface area contributed by atoms with Crippen molar-refractivity contribution in [2.45, 2.75) is 33.6 Å². The molecular formula is C35H34N2O4. The Morgan fingerprint density at radius 2 is 0.976 bits per heavy atom. The number of ether oxygens (including phenoxy) is 2. The normalized spacial score (nSPS) is 11.0. The van der Waals surface area contributed by atoms with Crippen molar-refractivity contribution in [3.05, 3.63) is 130 Å². The SMILES string of the molecule is CCOC(=O)c1[nH]c(C(c2ccccc2)c2[nH]c(C(=O)OCC)c(-c3ccccc3)c2C)c(C)c1-c1ccccc1. The van der Waals surface area contributed by atoms with E-state index in [4.69, 9.17) is 9.47 Å². The summed E-state index contributed by atoms with van der Waals surface area (Å²) in [5, 5.41) is 0. The molecule has 0 atom stereocenters. The first kappa shape index (κ1) is 27.7. The van der Waals surface area contributed by atoms with E-state index in [1.54, 1.807) is 13.8 Å². The highest BCUT2D eigenvalue weighted by Crippen LogP contribution is 2.42. The summed E-state index contributed by atoms with van der Waals surface area (Å²) in [6.07, 6.45) is 0. The van der Waals surface area contributed by atoms with Crippen LogP contribution in [0.4, 0.5) is 0 Å². The van der Waals surface area contributed by atoms with Gasteiger partial charge < -0.3 is 19.4 Å². The number of nitrogens with one attached hydrogen (secondary N) is 2. The van der Waals surface area contributed by atoms with Crippen LogP contribution in [0.25, 0.3) is 22.3 Å². The molecule has 0 spiro atoms. The van der Waals surface area contributed by atoms with Crippen LogP contribution in [-0.4, -0.2) is 35.1 Å². The van der Waals surface area contributed by atoms with Gasteiger partial charge in [0.1, 0.15) is 11.4 Å². The standard InChI is InChI=1S/C35H34N2O4/c1-5-40-34(38)32-27(24-16-10-7-11-17-24)22(3)30(36-32)29(26-20-14-9-15-21-26)31-23(4)28(25-18-12-8-13-19-25)33(37-31)35(39)41-6-2/h7-21,29,36-37H,5-6H2,1-4H3. The van der Waals surface area contributed by atoms with Crippen LogP contribution in [0.1, 0.15) is 68.8 Å². The molecule has 2 N–H and O–H groups in total. The summed E-state index contributed by atoms with van der Waals surface area (Å²) in [5.41, 5.74) is 8.82. The van der Waals surface area contributed by atoms with Crippen molar-refractivity contribution < 1.29 is 19.1 Å². The maximum absolute atomic E-state index is 13.2. The van der Waals surface area contributed by atoms with Crippen molar-refractivity contribution in [1.29, 1.82) is 0 Å². The van der Waals surface area contributed by atoms with Gasteiger partial charge in [-0.2, -0.15) is 0 Å². The van der Waals surface area contributed by atoms with Crippen molar-refractivity contribution in [3.63, 3.8) is 0 Å². The molecule has 3 aromatic carbocycles. The zero-order chi connectivity index (χ0) is 28.9. The number of hydrogen-bond donors (Lipinski definition) is 2. The summed E-state index contributed by atoms with van der Waals surface area (Å²) in [5.74, 6) is -1.16. The lowest BCUT2D eigenvalue weighted by Crippen LogP contribution is -2.10. The van der Waals surface area contributed by atoms with Gasteiger partial charge in [0.2, 0.25) is 0 Å². The van der Waals surface area contributed by atoms with E-state index in [0.717, 1.165) is 50.3 Å². The monoisotopic (exact) mass is 546 g/mol. The molecule has 0 amide bonds. The largest absolute Gasteiger partial charge is 0.461 e. The topological polar surface area (TPSA) is 84.2 Å². The van der Waals surface area contributed by atoms with Crippen LogP contribution < -0.4 is 0 Å². The van der Waals surface area contributed by atoms with E-state index in [1.807, 2.05) is 92.7 Å². The fraction of sp³-hybridized carbons (Fsp3) is 0.200. The van der Waals surface area contributed by atoms with Crippen LogP contribution in [0.2, 0.25) is 0 Å². The molecule has 0 saturated heterocycles. The molecule has 0 fully saturated rings. The highest BCUT2D eigenvalue weighted by Gasteiger charge is 2.32. The van der Waals surface area contributed by atoms with E-state index < -0.39 is 11.9 Å². The van der Waals surface area contributed by atoms with Crippen LogP contribution in [0.5, 0.6) is 0 Å². The number of carbonyl (C=O) groups is 2. The van der Waals surface area contributed by atoms with Crippen LogP contribution in [-0.2, 0) is 9.47 Å². The lowest BCUT2D eigenvalue weighted by atomic mass is 9.86. The van der Waals surface area contributed by atoms with E-state index in [2.05, 4.69) is 22.1 Å². The Balaban J connectivity index is 1.80. The molecule has 0 unspecified atom stereocenters. The Bertz CT molecular complexity index is 1550. The van der Waals surface area contributed by atoms with Gasteiger partial charge >= 0.3 is 11.9 Å². The van der Waals surface area contributed by atoms with Crippen LogP contribution >= 0.6 is 0 Å². The summed E-state index contributed by atoms with van der Waals surface area (Å²) in [6, 6.07) is 29.8. The van der Waals surface area contributed by atoms with E-state index in [0.29, 0.717) is 11.4 Å². The van der Waals surface area contributed by atoms with Gasteiger partial charge in [-0.25, -0.2) is 9.59 Å². The second kappa shape index (κ2) is 12.1. The highest BCUT2D eigenvalue weighted by molar-refractivity contribution is 5.98. The first-order valence-corrected chi connectivity index (χ1v) is 13.9. The van der Waals surface area contributed by atoms with Gasteiger partial charge in [-0.1, -0.05) is 91.0 Å². The predicted octanol–water partition coefficient (Wildman–Crippen LogP) is 7.83. The fourth-order valence-electron chi connectivity index (χ4n) is 5.57. The van der Waals surface area contributed by atoms with Crippen molar-refractivity contribution in [2.75, 3.05) is 13.2 Å². The third-order valence-electron chi connectivity index (χ3n) is 7.37. The fourth-order valence-corrected chi connectivity index (χ4v) is 5.57. The summed E-state index contributed by atoms with van der Waals surface area (Å²) in [4.78, 5) is 33.4. The number of esters is 2. The number of H-pyrrole nitrogens is 2. The Hall–Kier alpha value is -4.84. The summed E-state index contributed by atoms with van der Waals surface area (Å²) in [6.45, 7) is 8.18. The molecule has 0 radical (unpaired) electrons. The third-order valence-corrected chi connectivity index (χ3v) is 7.37. The summed E-state index contributed by atoms with van der Waals surface area (Å²) < 4.78 is 10.9. The molecule has 0 aliphatic heterocycles. The Kier molecular flexibility index (Phi) is 8.20. The molecule has 0 saturated carbocycles. The minimum absolute atomic E-state index is 0.266. The van der Waals surface area contributed by atoms with Crippen molar-refractivity contribution in [3.8, 4) is 22.3 Å². The minimum atomic E-state index is -0.409. The second-order valence-electron chi connectivity index (χ2n) is 9.84. The number of hydrogen-bond acceptors (Lipinski definition) is 4. The van der Waals surface area contributed by atoms with E-state index >= 15 is 0 Å². The second-order valence-corrected chi connectivity index (χ2v) is 9.84. The molecule has 5 rings (SSSR count). The van der Waals surface area contributed by atoms with Crippen LogP contribution in [0, 0.1) is 13.8 Å². The lowest BCUT2D eigenvalue weighted by Gasteiger charge is -2.19. The molecule has 5 aromatic rings. The highest BCUT2D eigenvalue weighted by atomic mass is 16.5. The number of aromatic nitrogens is 2. The van der Waals surface area contributed by atoms with Gasteiger partial charge in [0.15, 0.2) is 0 Å². The van der Waals surface area contributed by atoms with Crippen molar-refractivity contribution in [2.24, 2.45) is 0 Å². The molecule has 0 aliphatic rings. The predicted molar refractivity (Wildman–Crippen MR) is 161 cm³/mol. The lowest BCUT2D eigenvalue weighted by molar-refractivity contribution is 0.0512. The Morgan fingerprint density at radius 3 is 1.34 bits per heavy atom. The Labute approximate surface area is 240 Å². The minimum Gasteiger partial charge on any atom is -0.461 e. The first-order chi connectivity index (χ1) is 20.0. The average Bonchev–Trinajstić information content (AvgIpc) is 3.52. The maximum atomic E-state index is 13.2.